The maximum absolute atomic E-state index is 9.57. The Bertz CT molecular complexity index is 982. The van der Waals surface area contributed by atoms with Crippen molar-refractivity contribution in [2.75, 3.05) is 11.9 Å². The van der Waals surface area contributed by atoms with E-state index >= 15 is 0 Å². The molecule has 1 aromatic heterocycles. The Hall–Kier alpha value is -3.10. The second kappa shape index (κ2) is 10.4. The molecule has 3 rings (SSSR count). The van der Waals surface area contributed by atoms with Crippen LogP contribution in [0.1, 0.15) is 37.3 Å². The summed E-state index contributed by atoms with van der Waals surface area (Å²) >= 11 is 1.47. The first-order valence-corrected chi connectivity index (χ1v) is 10.8. The van der Waals surface area contributed by atoms with Crippen LogP contribution in [0.4, 0.5) is 5.69 Å². The zero-order chi connectivity index (χ0) is 20.5. The number of hydrogen-bond acceptors (Lipinski definition) is 5. The number of unbranched alkanes of at least 4 members (excludes halogenated alkanes) is 1. The zero-order valence-electron chi connectivity index (χ0n) is 16.8. The molecule has 29 heavy (non-hydrogen) atoms. The summed E-state index contributed by atoms with van der Waals surface area (Å²) in [6.07, 6.45) is 5.22. The third-order valence-corrected chi connectivity index (χ3v) is 5.35. The molecule has 3 aromatic rings. The Labute approximate surface area is 176 Å². The number of rotatable bonds is 9. The molecule has 0 atom stereocenters. The van der Waals surface area contributed by atoms with E-state index in [1.807, 2.05) is 48.7 Å². The largest absolute Gasteiger partial charge is 0.494 e. The van der Waals surface area contributed by atoms with Crippen LogP contribution < -0.4 is 10.1 Å². The maximum atomic E-state index is 9.57. The number of hydrogen-bond donors (Lipinski definition) is 1. The lowest BCUT2D eigenvalue weighted by atomic mass is 10.1. The molecule has 1 heterocycles. The molecule has 0 spiro atoms. The number of aryl methyl sites for hydroxylation is 1. The number of aromatic nitrogens is 1. The summed E-state index contributed by atoms with van der Waals surface area (Å²) in [5.74, 6) is 0.842. The van der Waals surface area contributed by atoms with Crippen molar-refractivity contribution in [3.8, 4) is 23.1 Å². The average molecular weight is 404 g/mol. The molecule has 2 aromatic carbocycles. The summed E-state index contributed by atoms with van der Waals surface area (Å²) < 4.78 is 5.48. The maximum Gasteiger partial charge on any atom is 0.136 e. The average Bonchev–Trinajstić information content (AvgIpc) is 3.24. The molecular weight excluding hydrogens is 378 g/mol. The summed E-state index contributed by atoms with van der Waals surface area (Å²) in [6, 6.07) is 18.4. The van der Waals surface area contributed by atoms with E-state index < -0.39 is 0 Å². The van der Waals surface area contributed by atoms with Crippen molar-refractivity contribution in [1.82, 2.24) is 4.98 Å². The van der Waals surface area contributed by atoms with Gasteiger partial charge in [-0.25, -0.2) is 4.98 Å². The van der Waals surface area contributed by atoms with E-state index in [0.29, 0.717) is 17.2 Å². The van der Waals surface area contributed by atoms with Crippen LogP contribution >= 0.6 is 11.3 Å². The second-order valence-electron chi connectivity index (χ2n) is 6.61. The Morgan fingerprint density at radius 1 is 1.14 bits per heavy atom. The molecule has 0 saturated carbocycles. The van der Waals surface area contributed by atoms with Gasteiger partial charge in [0.05, 0.1) is 12.3 Å². The lowest BCUT2D eigenvalue weighted by Crippen LogP contribution is -1.92. The molecular formula is C24H25N3OS. The molecule has 4 nitrogen and oxygen atoms in total. The van der Waals surface area contributed by atoms with Crippen LogP contribution in [-0.4, -0.2) is 11.6 Å². The van der Waals surface area contributed by atoms with Crippen LogP contribution in [0.5, 0.6) is 5.75 Å². The standard InChI is InChI=1S/C24H25N3OS/c1-3-5-6-18-7-11-21(12-8-18)26-16-20(15-25)24-27-23(17-29-24)19-9-13-22(14-10-19)28-4-2/h7-14,16-17,26H,3-6H2,1-2H3. The van der Waals surface area contributed by atoms with Crippen molar-refractivity contribution in [3.63, 3.8) is 0 Å². The van der Waals surface area contributed by atoms with Gasteiger partial charge in [0.1, 0.15) is 22.4 Å². The van der Waals surface area contributed by atoms with Crippen molar-refractivity contribution < 1.29 is 4.74 Å². The predicted octanol–water partition coefficient (Wildman–Crippen LogP) is 6.53. The van der Waals surface area contributed by atoms with Gasteiger partial charge in [0, 0.05) is 22.8 Å². The van der Waals surface area contributed by atoms with E-state index in [-0.39, 0.29) is 0 Å². The highest BCUT2D eigenvalue weighted by atomic mass is 32.1. The van der Waals surface area contributed by atoms with Gasteiger partial charge in [0.2, 0.25) is 0 Å². The lowest BCUT2D eigenvalue weighted by Gasteiger charge is -2.04. The second-order valence-corrected chi connectivity index (χ2v) is 7.47. The van der Waals surface area contributed by atoms with Gasteiger partial charge >= 0.3 is 0 Å². The number of thiazole rings is 1. The summed E-state index contributed by atoms with van der Waals surface area (Å²) in [5, 5.41) is 15.4. The third-order valence-electron chi connectivity index (χ3n) is 4.47. The first-order chi connectivity index (χ1) is 14.2. The minimum Gasteiger partial charge on any atom is -0.494 e. The highest BCUT2D eigenvalue weighted by Crippen LogP contribution is 2.27. The van der Waals surface area contributed by atoms with E-state index in [0.717, 1.165) is 29.1 Å². The quantitative estimate of drug-likeness (QED) is 0.413. The topological polar surface area (TPSA) is 57.9 Å². The van der Waals surface area contributed by atoms with Gasteiger partial charge in [-0.15, -0.1) is 11.3 Å². The molecule has 0 unspecified atom stereocenters. The molecule has 0 bridgehead atoms. The van der Waals surface area contributed by atoms with Crippen molar-refractivity contribution in [3.05, 3.63) is 70.7 Å². The fourth-order valence-electron chi connectivity index (χ4n) is 2.86. The van der Waals surface area contributed by atoms with Crippen LogP contribution in [0.3, 0.4) is 0 Å². The summed E-state index contributed by atoms with van der Waals surface area (Å²) in [5.41, 5.74) is 4.67. The molecule has 0 aliphatic rings. The van der Waals surface area contributed by atoms with Crippen LogP contribution in [0.2, 0.25) is 0 Å². The van der Waals surface area contributed by atoms with Gasteiger partial charge in [-0.2, -0.15) is 5.26 Å². The Morgan fingerprint density at radius 2 is 1.90 bits per heavy atom. The zero-order valence-corrected chi connectivity index (χ0v) is 17.6. The lowest BCUT2D eigenvalue weighted by molar-refractivity contribution is 0.340. The molecule has 0 aliphatic heterocycles. The molecule has 0 radical (unpaired) electrons. The van der Waals surface area contributed by atoms with Crippen molar-refractivity contribution in [2.45, 2.75) is 33.1 Å². The van der Waals surface area contributed by atoms with E-state index in [4.69, 9.17) is 4.74 Å². The Kier molecular flexibility index (Phi) is 7.43. The molecule has 0 fully saturated rings. The summed E-state index contributed by atoms with van der Waals surface area (Å²) in [7, 11) is 0. The van der Waals surface area contributed by atoms with E-state index in [1.54, 1.807) is 6.20 Å². The third kappa shape index (κ3) is 5.69. The van der Waals surface area contributed by atoms with Crippen molar-refractivity contribution in [2.24, 2.45) is 0 Å². The Morgan fingerprint density at radius 3 is 2.55 bits per heavy atom. The van der Waals surface area contributed by atoms with Crippen LogP contribution in [0, 0.1) is 11.3 Å². The number of benzene rings is 2. The number of nitrogens with one attached hydrogen (secondary N) is 1. The highest BCUT2D eigenvalue weighted by Gasteiger charge is 2.09. The normalized spacial score (nSPS) is 11.1. The molecule has 0 saturated heterocycles. The van der Waals surface area contributed by atoms with Gasteiger partial charge in [-0.1, -0.05) is 25.5 Å². The van der Waals surface area contributed by atoms with E-state index in [9.17, 15) is 5.26 Å². The van der Waals surface area contributed by atoms with Gasteiger partial charge in [0.25, 0.3) is 0 Å². The van der Waals surface area contributed by atoms with Gasteiger partial charge < -0.3 is 10.1 Å². The Balaban J connectivity index is 1.69. The first kappa shape index (κ1) is 20.6. The monoisotopic (exact) mass is 403 g/mol. The SMILES string of the molecule is CCCCc1ccc(NC=C(C#N)c2nc(-c3ccc(OCC)cc3)cs2)cc1. The summed E-state index contributed by atoms with van der Waals surface area (Å²) in [4.78, 5) is 4.63. The molecule has 1 N–H and O–H groups in total. The van der Waals surface area contributed by atoms with Crippen molar-refractivity contribution >= 4 is 22.6 Å². The van der Waals surface area contributed by atoms with Gasteiger partial charge in [0.15, 0.2) is 0 Å². The number of allylic oxidation sites excluding steroid dienone is 1. The summed E-state index contributed by atoms with van der Waals surface area (Å²) in [6.45, 7) is 4.81. The predicted molar refractivity (Wildman–Crippen MR) is 121 cm³/mol. The van der Waals surface area contributed by atoms with E-state index in [2.05, 4.69) is 35.4 Å². The minimum atomic E-state index is 0.516. The minimum absolute atomic E-state index is 0.516. The highest BCUT2D eigenvalue weighted by molar-refractivity contribution is 7.11. The fourth-order valence-corrected chi connectivity index (χ4v) is 3.66. The van der Waals surface area contributed by atoms with Gasteiger partial charge in [-0.05, 0) is 61.7 Å². The van der Waals surface area contributed by atoms with Crippen LogP contribution in [-0.2, 0) is 6.42 Å². The molecule has 0 aliphatic carbocycles. The first-order valence-electron chi connectivity index (χ1n) is 9.88. The molecule has 0 amide bonds. The van der Waals surface area contributed by atoms with Crippen LogP contribution in [0.25, 0.3) is 16.8 Å². The van der Waals surface area contributed by atoms with E-state index in [1.165, 1.54) is 29.7 Å². The molecule has 148 valence electrons. The van der Waals surface area contributed by atoms with Gasteiger partial charge in [-0.3, -0.25) is 0 Å². The molecule has 5 heteroatoms. The number of anilines is 1. The smallest absolute Gasteiger partial charge is 0.136 e. The number of ether oxygens (including phenoxy) is 1. The number of nitriles is 1. The van der Waals surface area contributed by atoms with Crippen molar-refractivity contribution in [1.29, 1.82) is 5.26 Å². The number of nitrogens with zero attached hydrogens (tertiary/aromatic N) is 2. The van der Waals surface area contributed by atoms with Crippen LogP contribution in [0.15, 0.2) is 60.1 Å². The fraction of sp³-hybridized carbons (Fsp3) is 0.250.